The molecule has 0 fully saturated rings. The van der Waals surface area contributed by atoms with Gasteiger partial charge in [-0.25, -0.2) is 22.9 Å². The Kier molecular flexibility index (Phi) is 4.29. The van der Waals surface area contributed by atoms with Crippen molar-refractivity contribution in [3.8, 4) is 0 Å². The summed E-state index contributed by atoms with van der Waals surface area (Å²) in [6.45, 7) is 4.11. The molecule has 0 bridgehead atoms. The van der Waals surface area contributed by atoms with E-state index in [4.69, 9.17) is 5.11 Å². The van der Waals surface area contributed by atoms with Crippen LogP contribution in [-0.4, -0.2) is 41.3 Å². The van der Waals surface area contributed by atoms with Crippen LogP contribution in [0.5, 0.6) is 0 Å². The molecule has 0 atom stereocenters. The molecule has 1 heterocycles. The fourth-order valence-corrected chi connectivity index (χ4v) is 3.18. The molecule has 0 saturated carbocycles. The number of aromatic nitrogens is 2. The first-order valence-corrected chi connectivity index (χ1v) is 8.17. The highest BCUT2D eigenvalue weighted by Gasteiger charge is 2.14. The number of aromatic carboxylic acids is 1. The number of rotatable bonds is 6. The molecule has 0 radical (unpaired) electrons. The Morgan fingerprint density at radius 3 is 2.76 bits per heavy atom. The predicted molar refractivity (Wildman–Crippen MR) is 78.9 cm³/mol. The van der Waals surface area contributed by atoms with E-state index in [0.29, 0.717) is 17.9 Å². The Labute approximate surface area is 122 Å². The van der Waals surface area contributed by atoms with E-state index >= 15 is 0 Å². The number of sulfonamides is 1. The van der Waals surface area contributed by atoms with Gasteiger partial charge in [-0.2, -0.15) is 0 Å². The molecular weight excluding hydrogens is 294 g/mol. The maximum absolute atomic E-state index is 11.7. The third-order valence-electron chi connectivity index (χ3n) is 3.13. The van der Waals surface area contributed by atoms with Gasteiger partial charge in [-0.3, -0.25) is 0 Å². The molecule has 7 nitrogen and oxygen atoms in total. The van der Waals surface area contributed by atoms with Crippen molar-refractivity contribution in [2.45, 2.75) is 20.4 Å². The van der Waals surface area contributed by atoms with Crippen molar-refractivity contribution in [1.82, 2.24) is 14.3 Å². The number of carbonyl (C=O) groups is 1. The van der Waals surface area contributed by atoms with E-state index in [2.05, 4.69) is 9.71 Å². The van der Waals surface area contributed by atoms with Crippen LogP contribution >= 0.6 is 0 Å². The maximum Gasteiger partial charge on any atom is 0.335 e. The zero-order chi connectivity index (χ0) is 15.6. The summed E-state index contributed by atoms with van der Waals surface area (Å²) < 4.78 is 27.6. The smallest absolute Gasteiger partial charge is 0.335 e. The van der Waals surface area contributed by atoms with Crippen molar-refractivity contribution in [2.24, 2.45) is 0 Å². The molecule has 1 aromatic carbocycles. The second-order valence-corrected chi connectivity index (χ2v) is 6.56. The highest BCUT2D eigenvalue weighted by Crippen LogP contribution is 2.18. The minimum absolute atomic E-state index is 0.0478. The van der Waals surface area contributed by atoms with Gasteiger partial charge in [-0.1, -0.05) is 6.92 Å². The third kappa shape index (κ3) is 3.40. The third-order valence-corrected chi connectivity index (χ3v) is 4.58. The van der Waals surface area contributed by atoms with Crippen LogP contribution < -0.4 is 4.72 Å². The van der Waals surface area contributed by atoms with E-state index in [0.717, 1.165) is 5.52 Å². The average molecular weight is 311 g/mol. The Morgan fingerprint density at radius 2 is 2.14 bits per heavy atom. The van der Waals surface area contributed by atoms with Crippen LogP contribution in [-0.2, 0) is 16.6 Å². The molecule has 0 aliphatic carbocycles. The first kappa shape index (κ1) is 15.5. The van der Waals surface area contributed by atoms with Gasteiger partial charge in [0.05, 0.1) is 22.3 Å². The Bertz CT molecular complexity index is 780. The molecule has 21 heavy (non-hydrogen) atoms. The maximum atomic E-state index is 11.7. The summed E-state index contributed by atoms with van der Waals surface area (Å²) in [6, 6.07) is 4.62. The van der Waals surface area contributed by atoms with Gasteiger partial charge in [0, 0.05) is 13.1 Å². The number of carboxylic acids is 1. The first-order chi connectivity index (χ1) is 9.84. The first-order valence-electron chi connectivity index (χ1n) is 6.51. The minimum Gasteiger partial charge on any atom is -0.478 e. The molecule has 2 N–H and O–H groups in total. The lowest BCUT2D eigenvalue weighted by Gasteiger charge is -2.08. The number of carboxylic acid groups (broad SMARTS) is 1. The number of nitrogens with one attached hydrogen (secondary N) is 1. The van der Waals surface area contributed by atoms with Crippen molar-refractivity contribution in [3.05, 3.63) is 29.6 Å². The lowest BCUT2D eigenvalue weighted by molar-refractivity contribution is 0.0697. The van der Waals surface area contributed by atoms with E-state index in [1.165, 1.54) is 12.1 Å². The average Bonchev–Trinajstić information content (AvgIpc) is 2.70. The molecule has 0 aliphatic heterocycles. The van der Waals surface area contributed by atoms with Gasteiger partial charge in [0.2, 0.25) is 10.0 Å². The lowest BCUT2D eigenvalue weighted by Crippen LogP contribution is -2.28. The minimum atomic E-state index is -3.31. The fourth-order valence-electron chi connectivity index (χ4n) is 2.17. The Morgan fingerprint density at radius 1 is 1.43 bits per heavy atom. The summed E-state index contributed by atoms with van der Waals surface area (Å²) in [7, 11) is -3.31. The lowest BCUT2D eigenvalue weighted by atomic mass is 10.2. The summed E-state index contributed by atoms with van der Waals surface area (Å²) in [4.78, 5) is 15.2. The van der Waals surface area contributed by atoms with Gasteiger partial charge in [0.25, 0.3) is 0 Å². The van der Waals surface area contributed by atoms with Crippen molar-refractivity contribution in [1.29, 1.82) is 0 Å². The zero-order valence-corrected chi connectivity index (χ0v) is 12.6. The number of nitrogens with zero attached hydrogens (tertiary/aromatic N) is 2. The number of aryl methyl sites for hydroxylation is 2. The number of hydrogen-bond acceptors (Lipinski definition) is 4. The van der Waals surface area contributed by atoms with Crippen LogP contribution in [0.1, 0.15) is 23.1 Å². The summed E-state index contributed by atoms with van der Waals surface area (Å²) in [5.41, 5.74) is 1.44. The molecule has 0 aliphatic rings. The quantitative estimate of drug-likeness (QED) is 0.828. The normalized spacial score (nSPS) is 11.9. The summed E-state index contributed by atoms with van der Waals surface area (Å²) in [5, 5.41) is 8.97. The van der Waals surface area contributed by atoms with Gasteiger partial charge in [-0.15, -0.1) is 0 Å². The van der Waals surface area contributed by atoms with Gasteiger partial charge in [-0.05, 0) is 25.1 Å². The van der Waals surface area contributed by atoms with Crippen LogP contribution in [0, 0.1) is 6.92 Å². The monoisotopic (exact) mass is 311 g/mol. The highest BCUT2D eigenvalue weighted by atomic mass is 32.2. The van der Waals surface area contributed by atoms with Gasteiger partial charge in [0.15, 0.2) is 0 Å². The molecule has 0 unspecified atom stereocenters. The van der Waals surface area contributed by atoms with Gasteiger partial charge >= 0.3 is 5.97 Å². The molecule has 0 saturated heterocycles. The fraction of sp³-hybridized carbons (Fsp3) is 0.385. The molecule has 0 spiro atoms. The van der Waals surface area contributed by atoms with Crippen molar-refractivity contribution in [2.75, 3.05) is 12.3 Å². The standard InChI is InChI=1S/C13H17N3O4S/c1-3-14-21(19,20)7-6-16-9(2)15-11-8-10(13(17)18)4-5-12(11)16/h4-5,8,14H,3,6-7H2,1-2H3,(H,17,18). The van der Waals surface area contributed by atoms with E-state index in [9.17, 15) is 13.2 Å². The molecule has 0 amide bonds. The molecule has 114 valence electrons. The largest absolute Gasteiger partial charge is 0.478 e. The predicted octanol–water partition coefficient (Wildman–Crippen LogP) is 0.982. The summed E-state index contributed by atoms with van der Waals surface area (Å²) in [5.74, 6) is -0.411. The molecule has 1 aromatic heterocycles. The van der Waals surface area contributed by atoms with Crippen LogP contribution in [0.3, 0.4) is 0 Å². The van der Waals surface area contributed by atoms with E-state index in [1.807, 2.05) is 0 Å². The van der Waals surface area contributed by atoms with Crippen molar-refractivity contribution >= 4 is 27.0 Å². The molecule has 2 rings (SSSR count). The topological polar surface area (TPSA) is 101 Å². The SMILES string of the molecule is CCNS(=O)(=O)CCn1c(C)nc2cc(C(=O)O)ccc21. The molecular formula is C13H17N3O4S. The second-order valence-electron chi connectivity index (χ2n) is 4.64. The zero-order valence-electron chi connectivity index (χ0n) is 11.8. The summed E-state index contributed by atoms with van der Waals surface area (Å²) >= 11 is 0. The van der Waals surface area contributed by atoms with Crippen LogP contribution in [0.15, 0.2) is 18.2 Å². The Hall–Kier alpha value is -1.93. The Balaban J connectivity index is 2.32. The number of imidazole rings is 1. The highest BCUT2D eigenvalue weighted by molar-refractivity contribution is 7.89. The van der Waals surface area contributed by atoms with E-state index in [-0.39, 0.29) is 17.9 Å². The molecule has 8 heteroatoms. The van der Waals surface area contributed by atoms with Gasteiger partial charge < -0.3 is 9.67 Å². The molecule has 2 aromatic rings. The summed E-state index contributed by atoms with van der Waals surface area (Å²) in [6.07, 6.45) is 0. The number of benzene rings is 1. The van der Waals surface area contributed by atoms with Crippen LogP contribution in [0.2, 0.25) is 0 Å². The second kappa shape index (κ2) is 5.82. The van der Waals surface area contributed by atoms with Gasteiger partial charge in [0.1, 0.15) is 5.82 Å². The van der Waals surface area contributed by atoms with E-state index < -0.39 is 16.0 Å². The number of fused-ring (bicyclic) bond motifs is 1. The van der Waals surface area contributed by atoms with Crippen molar-refractivity contribution < 1.29 is 18.3 Å². The van der Waals surface area contributed by atoms with Crippen LogP contribution in [0.4, 0.5) is 0 Å². The van der Waals surface area contributed by atoms with Crippen molar-refractivity contribution in [3.63, 3.8) is 0 Å². The van der Waals surface area contributed by atoms with E-state index in [1.54, 1.807) is 24.5 Å². The van der Waals surface area contributed by atoms with Crippen LogP contribution in [0.25, 0.3) is 11.0 Å². The number of hydrogen-bond donors (Lipinski definition) is 2.